The monoisotopic (exact) mass is 483 g/mol. The Kier molecular flexibility index (Phi) is 6.46. The Balaban J connectivity index is 1.53. The number of aryl methyl sites for hydroxylation is 3. The molecule has 0 unspecified atom stereocenters. The predicted octanol–water partition coefficient (Wildman–Crippen LogP) is 6.80. The molecule has 0 saturated heterocycles. The summed E-state index contributed by atoms with van der Waals surface area (Å²) in [5.74, 6) is 0.00450. The molecule has 32 heavy (non-hydrogen) atoms. The van der Waals surface area contributed by atoms with Crippen molar-refractivity contribution in [3.63, 3.8) is 0 Å². The third-order valence-electron chi connectivity index (χ3n) is 5.41. The van der Waals surface area contributed by atoms with E-state index in [0.29, 0.717) is 14.0 Å². The fourth-order valence-electron chi connectivity index (χ4n) is 3.58. The topological polar surface area (TPSA) is 39.8 Å². The summed E-state index contributed by atoms with van der Waals surface area (Å²) in [6.07, 6.45) is 0. The van der Waals surface area contributed by atoms with Crippen LogP contribution in [-0.2, 0) is 0 Å². The van der Waals surface area contributed by atoms with Crippen LogP contribution in [0.15, 0.2) is 52.9 Å². The highest BCUT2D eigenvalue weighted by atomic mass is 32.2. The summed E-state index contributed by atoms with van der Waals surface area (Å²) in [7, 11) is 0. The second kappa shape index (κ2) is 9.13. The molecule has 2 aromatic heterocycles. The van der Waals surface area contributed by atoms with Crippen LogP contribution in [0.3, 0.4) is 0 Å². The van der Waals surface area contributed by atoms with Crippen molar-refractivity contribution in [3.05, 3.63) is 86.4 Å². The maximum Gasteiger partial charge on any atom is 0.184 e. The van der Waals surface area contributed by atoms with E-state index in [1.807, 2.05) is 19.9 Å². The first kappa shape index (κ1) is 22.6. The molecule has 4 rings (SSSR count). The number of nitrogens with zero attached hydrogens (tertiary/aromatic N) is 3. The Morgan fingerprint density at radius 2 is 1.72 bits per heavy atom. The summed E-state index contributed by atoms with van der Waals surface area (Å²) in [6, 6.07) is 14.3. The third kappa shape index (κ3) is 4.48. The first-order valence-electron chi connectivity index (χ1n) is 10.0. The number of Topliss-reactive ketones (excluding diaryl/α,β-unsaturated/α-hetero) is 1. The van der Waals surface area contributed by atoms with Gasteiger partial charge in [-0.15, -0.1) is 5.10 Å². The maximum absolute atomic E-state index is 13.2. The van der Waals surface area contributed by atoms with E-state index in [1.54, 1.807) is 16.8 Å². The van der Waals surface area contributed by atoms with E-state index in [9.17, 15) is 9.18 Å². The van der Waals surface area contributed by atoms with Gasteiger partial charge >= 0.3 is 0 Å². The first-order chi connectivity index (χ1) is 15.2. The lowest BCUT2D eigenvalue weighted by Crippen LogP contribution is -2.06. The van der Waals surface area contributed by atoms with E-state index < -0.39 is 0 Å². The second-order valence-corrected chi connectivity index (χ2v) is 10.5. The highest BCUT2D eigenvalue weighted by Gasteiger charge is 2.18. The van der Waals surface area contributed by atoms with Crippen LogP contribution in [0.4, 0.5) is 4.39 Å². The average Bonchev–Trinajstić information content (AvgIpc) is 3.28. The normalized spacial score (nSPS) is 11.2. The number of thioether (sulfide) groups is 1. The summed E-state index contributed by atoms with van der Waals surface area (Å²) in [6.45, 7) is 8.18. The van der Waals surface area contributed by atoms with Gasteiger partial charge in [0.1, 0.15) is 5.82 Å². The lowest BCUT2D eigenvalue weighted by molar-refractivity contribution is 0.102. The molecule has 164 valence electrons. The van der Waals surface area contributed by atoms with Crippen molar-refractivity contribution >= 4 is 41.1 Å². The first-order valence-corrected chi connectivity index (χ1v) is 12.2. The van der Waals surface area contributed by atoms with Crippen LogP contribution in [-0.4, -0.2) is 25.9 Å². The van der Waals surface area contributed by atoms with Crippen molar-refractivity contribution in [3.8, 4) is 11.4 Å². The van der Waals surface area contributed by atoms with Gasteiger partial charge in [0.25, 0.3) is 0 Å². The number of carbonyl (C=O) groups is 1. The molecule has 4 nitrogen and oxygen atoms in total. The standard InChI is InChI=1S/C24H22FN3OS3/c1-14-5-8-20(11-15(14)2)27-16(3)12-21(17(27)4)22(29)13-31-23-26-28(24(30)32-23)19-9-6-18(25)7-10-19/h5-12H,13H2,1-4H3. The summed E-state index contributed by atoms with van der Waals surface area (Å²) in [4.78, 5) is 13.0. The molecule has 4 aromatic rings. The molecule has 0 fully saturated rings. The number of hydrogen-bond donors (Lipinski definition) is 0. The van der Waals surface area contributed by atoms with E-state index >= 15 is 0 Å². The van der Waals surface area contributed by atoms with Crippen molar-refractivity contribution in [1.29, 1.82) is 0 Å². The van der Waals surface area contributed by atoms with Crippen LogP contribution in [0, 0.1) is 37.5 Å². The zero-order valence-corrected chi connectivity index (χ0v) is 20.6. The maximum atomic E-state index is 13.2. The van der Waals surface area contributed by atoms with E-state index in [4.69, 9.17) is 12.2 Å². The van der Waals surface area contributed by atoms with E-state index in [-0.39, 0.29) is 17.4 Å². The number of rotatable bonds is 6. The Labute approximate surface area is 199 Å². The molecule has 0 aliphatic carbocycles. The summed E-state index contributed by atoms with van der Waals surface area (Å²) in [5.41, 5.74) is 6.89. The van der Waals surface area contributed by atoms with Crippen LogP contribution < -0.4 is 0 Å². The molecular weight excluding hydrogens is 461 g/mol. The van der Waals surface area contributed by atoms with Crippen molar-refractivity contribution in [2.75, 3.05) is 5.75 Å². The molecule has 0 saturated carbocycles. The zero-order chi connectivity index (χ0) is 23.0. The minimum absolute atomic E-state index is 0.0487. The van der Waals surface area contributed by atoms with Crippen molar-refractivity contribution in [2.45, 2.75) is 32.0 Å². The lowest BCUT2D eigenvalue weighted by atomic mass is 10.1. The Morgan fingerprint density at radius 1 is 1.03 bits per heavy atom. The van der Waals surface area contributed by atoms with Crippen molar-refractivity contribution < 1.29 is 9.18 Å². The van der Waals surface area contributed by atoms with E-state index in [0.717, 1.165) is 22.6 Å². The fourth-order valence-corrected chi connectivity index (χ4v) is 5.82. The van der Waals surface area contributed by atoms with Crippen LogP contribution in [0.25, 0.3) is 11.4 Å². The molecule has 0 spiro atoms. The van der Waals surface area contributed by atoms with Gasteiger partial charge in [-0.1, -0.05) is 29.2 Å². The number of ketones is 1. The molecule has 0 amide bonds. The molecule has 0 bridgehead atoms. The Bertz CT molecular complexity index is 1370. The van der Waals surface area contributed by atoms with Gasteiger partial charge in [-0.25, -0.2) is 9.07 Å². The summed E-state index contributed by atoms with van der Waals surface area (Å²) >= 11 is 8.11. The second-order valence-electron chi connectivity index (χ2n) is 7.62. The van der Waals surface area contributed by atoms with Crippen molar-refractivity contribution in [2.24, 2.45) is 0 Å². The quantitative estimate of drug-likeness (QED) is 0.172. The molecule has 2 heterocycles. The summed E-state index contributed by atoms with van der Waals surface area (Å²) in [5, 5.41) is 4.50. The fraction of sp³-hybridized carbons (Fsp3) is 0.208. The molecule has 0 aliphatic heterocycles. The number of aromatic nitrogens is 3. The minimum Gasteiger partial charge on any atom is -0.318 e. The average molecular weight is 484 g/mol. The Hall–Kier alpha value is -2.55. The zero-order valence-electron chi connectivity index (χ0n) is 18.2. The lowest BCUT2D eigenvalue weighted by Gasteiger charge is -2.12. The molecule has 2 aromatic carbocycles. The van der Waals surface area contributed by atoms with Gasteiger partial charge in [-0.05, 0) is 93.5 Å². The molecule has 8 heteroatoms. The van der Waals surface area contributed by atoms with Gasteiger partial charge in [-0.2, -0.15) is 0 Å². The largest absolute Gasteiger partial charge is 0.318 e. The SMILES string of the molecule is Cc1ccc(-n2c(C)cc(C(=O)CSc3nn(-c4ccc(F)cc4)c(=S)s3)c2C)cc1C. The molecule has 0 aliphatic rings. The van der Waals surface area contributed by atoms with E-state index in [2.05, 4.69) is 41.7 Å². The van der Waals surface area contributed by atoms with E-state index in [1.165, 1.54) is 46.4 Å². The highest BCUT2D eigenvalue weighted by molar-refractivity contribution is 8.01. The van der Waals surface area contributed by atoms with Gasteiger partial charge in [0.15, 0.2) is 14.1 Å². The summed E-state index contributed by atoms with van der Waals surface area (Å²) < 4.78 is 18.2. The van der Waals surface area contributed by atoms with Gasteiger partial charge in [0.2, 0.25) is 0 Å². The van der Waals surface area contributed by atoms with Crippen LogP contribution in [0.1, 0.15) is 32.9 Å². The van der Waals surface area contributed by atoms with Crippen molar-refractivity contribution in [1.82, 2.24) is 14.3 Å². The number of carbonyl (C=O) groups excluding carboxylic acids is 1. The highest BCUT2D eigenvalue weighted by Crippen LogP contribution is 2.27. The van der Waals surface area contributed by atoms with Crippen LogP contribution in [0.5, 0.6) is 0 Å². The third-order valence-corrected chi connectivity index (χ3v) is 7.77. The van der Waals surface area contributed by atoms with Gasteiger partial charge in [-0.3, -0.25) is 4.79 Å². The van der Waals surface area contributed by atoms with Gasteiger partial charge < -0.3 is 4.57 Å². The molecule has 0 N–H and O–H groups in total. The smallest absolute Gasteiger partial charge is 0.184 e. The van der Waals surface area contributed by atoms with Gasteiger partial charge in [0, 0.05) is 22.6 Å². The van der Waals surface area contributed by atoms with Crippen LogP contribution in [0.2, 0.25) is 0 Å². The number of hydrogen-bond acceptors (Lipinski definition) is 5. The van der Waals surface area contributed by atoms with Gasteiger partial charge in [0.05, 0.1) is 11.4 Å². The molecular formula is C24H22FN3OS3. The number of halogens is 1. The minimum atomic E-state index is -0.311. The predicted molar refractivity (Wildman–Crippen MR) is 132 cm³/mol. The molecule has 0 radical (unpaired) electrons. The number of benzene rings is 2. The Morgan fingerprint density at radius 3 is 2.41 bits per heavy atom. The van der Waals surface area contributed by atoms with Crippen LogP contribution >= 0.6 is 35.3 Å². The molecule has 0 atom stereocenters.